The van der Waals surface area contributed by atoms with Crippen LogP contribution in [0, 0.1) is 0 Å². The Labute approximate surface area is 183 Å². The minimum absolute atomic E-state index is 0.301. The summed E-state index contributed by atoms with van der Waals surface area (Å²) in [6.45, 7) is 3.15. The second kappa shape index (κ2) is 9.40. The fraction of sp³-hybridized carbons (Fsp3) is 0.250. The molecule has 1 amide bonds. The first-order valence-electron chi connectivity index (χ1n) is 10.2. The van der Waals surface area contributed by atoms with Crippen LogP contribution in [0.4, 0.5) is 19.0 Å². The SMILES string of the molecule is O=C(NCc1ccnc(N2CCOCC2)c1)c1ccccc1-c1ccc(C(F)(F)F)cc1. The molecule has 1 aromatic heterocycles. The van der Waals surface area contributed by atoms with Crippen LogP contribution in [-0.2, 0) is 17.5 Å². The summed E-state index contributed by atoms with van der Waals surface area (Å²) in [5, 5.41) is 2.90. The molecule has 0 spiro atoms. The molecule has 3 aromatic rings. The zero-order chi connectivity index (χ0) is 22.6. The third-order valence-corrected chi connectivity index (χ3v) is 5.29. The number of hydrogen-bond acceptors (Lipinski definition) is 4. The molecular formula is C24H22F3N3O2. The molecule has 0 atom stereocenters. The number of pyridine rings is 1. The molecule has 1 N–H and O–H groups in total. The van der Waals surface area contributed by atoms with Gasteiger partial charge in [-0.1, -0.05) is 30.3 Å². The van der Waals surface area contributed by atoms with Crippen LogP contribution in [0.25, 0.3) is 11.1 Å². The molecule has 0 aliphatic carbocycles. The first-order chi connectivity index (χ1) is 15.4. The van der Waals surface area contributed by atoms with Crippen molar-refractivity contribution < 1.29 is 22.7 Å². The molecule has 8 heteroatoms. The van der Waals surface area contributed by atoms with Crippen molar-refractivity contribution in [1.82, 2.24) is 10.3 Å². The number of nitrogens with zero attached hydrogens (tertiary/aromatic N) is 2. The minimum Gasteiger partial charge on any atom is -0.378 e. The summed E-state index contributed by atoms with van der Waals surface area (Å²) < 4.78 is 43.9. The van der Waals surface area contributed by atoms with E-state index in [9.17, 15) is 18.0 Å². The quantitative estimate of drug-likeness (QED) is 0.632. The van der Waals surface area contributed by atoms with Crippen molar-refractivity contribution >= 4 is 11.7 Å². The van der Waals surface area contributed by atoms with E-state index in [0.717, 1.165) is 36.6 Å². The lowest BCUT2D eigenvalue weighted by atomic mass is 9.98. The highest BCUT2D eigenvalue weighted by Crippen LogP contribution is 2.31. The normalized spacial score (nSPS) is 14.3. The topological polar surface area (TPSA) is 54.5 Å². The number of amides is 1. The summed E-state index contributed by atoms with van der Waals surface area (Å²) >= 11 is 0. The second-order valence-corrected chi connectivity index (χ2v) is 7.43. The lowest BCUT2D eigenvalue weighted by Crippen LogP contribution is -2.36. The van der Waals surface area contributed by atoms with Crippen LogP contribution in [0.1, 0.15) is 21.5 Å². The van der Waals surface area contributed by atoms with Crippen molar-refractivity contribution in [2.75, 3.05) is 31.2 Å². The summed E-state index contributed by atoms with van der Waals surface area (Å²) in [7, 11) is 0. The molecule has 5 nitrogen and oxygen atoms in total. The number of aromatic nitrogens is 1. The van der Waals surface area contributed by atoms with Crippen LogP contribution in [0.5, 0.6) is 0 Å². The molecule has 2 aromatic carbocycles. The van der Waals surface area contributed by atoms with Gasteiger partial charge in [0.05, 0.1) is 18.8 Å². The predicted octanol–water partition coefficient (Wildman–Crippen LogP) is 4.53. The molecule has 0 unspecified atom stereocenters. The average Bonchev–Trinajstić information content (AvgIpc) is 2.83. The van der Waals surface area contributed by atoms with Gasteiger partial charge in [0, 0.05) is 31.4 Å². The first kappa shape index (κ1) is 21.8. The fourth-order valence-electron chi connectivity index (χ4n) is 3.59. The van der Waals surface area contributed by atoms with Crippen LogP contribution >= 0.6 is 0 Å². The van der Waals surface area contributed by atoms with Gasteiger partial charge >= 0.3 is 6.18 Å². The van der Waals surface area contributed by atoms with Crippen LogP contribution in [0.2, 0.25) is 0 Å². The Hall–Kier alpha value is -3.39. The van der Waals surface area contributed by atoms with Crippen molar-refractivity contribution in [3.8, 4) is 11.1 Å². The summed E-state index contributed by atoms with van der Waals surface area (Å²) in [6.07, 6.45) is -2.69. The molecule has 2 heterocycles. The Kier molecular flexibility index (Phi) is 6.41. The Morgan fingerprint density at radius 3 is 2.47 bits per heavy atom. The van der Waals surface area contributed by atoms with Gasteiger partial charge in [0.1, 0.15) is 5.82 Å². The molecular weight excluding hydrogens is 419 g/mol. The maximum absolute atomic E-state index is 12.9. The van der Waals surface area contributed by atoms with E-state index in [1.807, 2.05) is 12.1 Å². The van der Waals surface area contributed by atoms with Gasteiger partial charge in [0.25, 0.3) is 5.91 Å². The average molecular weight is 441 g/mol. The smallest absolute Gasteiger partial charge is 0.378 e. The van der Waals surface area contributed by atoms with Crippen molar-refractivity contribution in [3.05, 3.63) is 83.6 Å². The summed E-state index contributed by atoms with van der Waals surface area (Å²) in [6, 6.07) is 15.4. The zero-order valence-electron chi connectivity index (χ0n) is 17.2. The number of carbonyl (C=O) groups excluding carboxylic acids is 1. The number of nitrogens with one attached hydrogen (secondary N) is 1. The largest absolute Gasteiger partial charge is 0.416 e. The summed E-state index contributed by atoms with van der Waals surface area (Å²) in [4.78, 5) is 19.4. The standard InChI is InChI=1S/C24H22F3N3O2/c25-24(26,27)19-7-5-18(6-8-19)20-3-1-2-4-21(20)23(31)29-16-17-9-10-28-22(15-17)30-11-13-32-14-12-30/h1-10,15H,11-14,16H2,(H,29,31). The summed E-state index contributed by atoms with van der Waals surface area (Å²) in [5.74, 6) is 0.537. The van der Waals surface area contributed by atoms with Crippen molar-refractivity contribution in [1.29, 1.82) is 0 Å². The molecule has 0 radical (unpaired) electrons. The predicted molar refractivity (Wildman–Crippen MR) is 115 cm³/mol. The van der Waals surface area contributed by atoms with E-state index < -0.39 is 11.7 Å². The maximum Gasteiger partial charge on any atom is 0.416 e. The number of morpholine rings is 1. The van der Waals surface area contributed by atoms with E-state index in [-0.39, 0.29) is 5.91 Å². The zero-order valence-corrected chi connectivity index (χ0v) is 17.2. The van der Waals surface area contributed by atoms with E-state index in [2.05, 4.69) is 15.2 Å². The summed E-state index contributed by atoms with van der Waals surface area (Å²) in [5.41, 5.74) is 1.69. The molecule has 32 heavy (non-hydrogen) atoms. The van der Waals surface area contributed by atoms with Crippen LogP contribution in [0.3, 0.4) is 0 Å². The highest BCUT2D eigenvalue weighted by Gasteiger charge is 2.30. The first-order valence-corrected chi connectivity index (χ1v) is 10.2. The third kappa shape index (κ3) is 5.08. The molecule has 1 aliphatic heterocycles. The van der Waals surface area contributed by atoms with Gasteiger partial charge in [-0.3, -0.25) is 4.79 Å². The Morgan fingerprint density at radius 2 is 1.75 bits per heavy atom. The molecule has 0 bridgehead atoms. The van der Waals surface area contributed by atoms with Crippen LogP contribution in [0.15, 0.2) is 66.9 Å². The molecule has 0 saturated carbocycles. The Bertz CT molecular complexity index is 1080. The number of ether oxygens (including phenoxy) is 1. The van der Waals surface area contributed by atoms with Crippen LogP contribution in [-0.4, -0.2) is 37.2 Å². The number of benzene rings is 2. The van der Waals surface area contributed by atoms with Crippen molar-refractivity contribution in [2.24, 2.45) is 0 Å². The van der Waals surface area contributed by atoms with E-state index >= 15 is 0 Å². The van der Waals surface area contributed by atoms with Crippen LogP contribution < -0.4 is 10.2 Å². The van der Waals surface area contributed by atoms with Gasteiger partial charge in [0.2, 0.25) is 0 Å². The molecule has 1 aliphatic rings. The lowest BCUT2D eigenvalue weighted by Gasteiger charge is -2.28. The molecule has 1 fully saturated rings. The maximum atomic E-state index is 12.9. The van der Waals surface area contributed by atoms with Gasteiger partial charge in [-0.2, -0.15) is 13.2 Å². The van der Waals surface area contributed by atoms with Gasteiger partial charge in [0.15, 0.2) is 0 Å². The van der Waals surface area contributed by atoms with E-state index in [1.54, 1.807) is 30.5 Å². The third-order valence-electron chi connectivity index (χ3n) is 5.29. The highest BCUT2D eigenvalue weighted by atomic mass is 19.4. The molecule has 166 valence electrons. The monoisotopic (exact) mass is 441 g/mol. The lowest BCUT2D eigenvalue weighted by molar-refractivity contribution is -0.137. The Balaban J connectivity index is 1.48. The van der Waals surface area contributed by atoms with Crippen molar-refractivity contribution in [2.45, 2.75) is 12.7 Å². The molecule has 1 saturated heterocycles. The Morgan fingerprint density at radius 1 is 1.03 bits per heavy atom. The van der Waals surface area contributed by atoms with Gasteiger partial charge in [-0.25, -0.2) is 4.98 Å². The number of rotatable bonds is 5. The highest BCUT2D eigenvalue weighted by molar-refractivity contribution is 6.00. The van der Waals surface area contributed by atoms with E-state index in [1.165, 1.54) is 12.1 Å². The number of alkyl halides is 3. The van der Waals surface area contributed by atoms with E-state index in [4.69, 9.17) is 4.74 Å². The van der Waals surface area contributed by atoms with Gasteiger partial charge in [-0.15, -0.1) is 0 Å². The number of halogens is 3. The fourth-order valence-corrected chi connectivity index (χ4v) is 3.59. The number of hydrogen-bond donors (Lipinski definition) is 1. The second-order valence-electron chi connectivity index (χ2n) is 7.43. The van der Waals surface area contributed by atoms with Crippen molar-refractivity contribution in [3.63, 3.8) is 0 Å². The number of carbonyl (C=O) groups is 1. The van der Waals surface area contributed by atoms with Gasteiger partial charge < -0.3 is 15.0 Å². The van der Waals surface area contributed by atoms with E-state index in [0.29, 0.717) is 36.4 Å². The minimum atomic E-state index is -4.40. The number of anilines is 1. The van der Waals surface area contributed by atoms with Gasteiger partial charge in [-0.05, 0) is 47.0 Å². The molecule has 4 rings (SSSR count).